The van der Waals surface area contributed by atoms with Crippen molar-refractivity contribution in [2.75, 3.05) is 12.3 Å². The van der Waals surface area contributed by atoms with Crippen LogP contribution in [0.1, 0.15) is 67.2 Å². The normalized spacial score (nSPS) is 19.2. The summed E-state index contributed by atoms with van der Waals surface area (Å²) >= 11 is 0. The van der Waals surface area contributed by atoms with E-state index in [9.17, 15) is 18.8 Å². The number of Topliss-reactive ketones (excluding diaryl/α,β-unsaturated/α-hetero) is 1. The molecular formula is C30H37F2N3O5Si. The SMILES string of the molecule is Cc1ccc(N)c(C2=CC(=O)N3C(CC[C@H]3C(=O)OCC(=O)c3ccnc(CO[Si](C)(C)C(C)(C)C)c3F)C2)c1F. The Morgan fingerprint density at radius 3 is 2.54 bits per heavy atom. The van der Waals surface area contributed by atoms with Gasteiger partial charge in [-0.05, 0) is 67.6 Å². The highest BCUT2D eigenvalue weighted by molar-refractivity contribution is 6.74. The molecule has 2 aromatic rings. The van der Waals surface area contributed by atoms with Crippen molar-refractivity contribution in [3.63, 3.8) is 0 Å². The van der Waals surface area contributed by atoms with Crippen LogP contribution in [0.4, 0.5) is 14.5 Å². The smallest absolute Gasteiger partial charge is 0.329 e. The highest BCUT2D eigenvalue weighted by Gasteiger charge is 2.44. The van der Waals surface area contributed by atoms with Crippen molar-refractivity contribution in [3.05, 3.63) is 64.5 Å². The summed E-state index contributed by atoms with van der Waals surface area (Å²) in [6.07, 6.45) is 3.79. The number of hydrogen-bond acceptors (Lipinski definition) is 7. The summed E-state index contributed by atoms with van der Waals surface area (Å²) in [7, 11) is -2.17. The second kappa shape index (κ2) is 11.4. The second-order valence-electron chi connectivity index (χ2n) is 12.2. The average Bonchev–Trinajstić information content (AvgIpc) is 3.33. The Morgan fingerprint density at radius 2 is 1.85 bits per heavy atom. The first-order valence-corrected chi connectivity index (χ1v) is 16.6. The van der Waals surface area contributed by atoms with Crippen molar-refractivity contribution in [3.8, 4) is 0 Å². The number of anilines is 1. The number of rotatable bonds is 8. The van der Waals surface area contributed by atoms with Gasteiger partial charge >= 0.3 is 5.97 Å². The highest BCUT2D eigenvalue weighted by atomic mass is 28.4. The van der Waals surface area contributed by atoms with Crippen molar-refractivity contribution < 1.29 is 32.3 Å². The van der Waals surface area contributed by atoms with E-state index in [0.29, 0.717) is 30.4 Å². The van der Waals surface area contributed by atoms with Crippen LogP contribution in [0.25, 0.3) is 5.57 Å². The number of aromatic nitrogens is 1. The quantitative estimate of drug-likeness (QED) is 0.193. The fourth-order valence-electron chi connectivity index (χ4n) is 4.96. The van der Waals surface area contributed by atoms with Crippen LogP contribution in [0.2, 0.25) is 18.1 Å². The molecule has 0 radical (unpaired) electrons. The molecule has 1 aromatic carbocycles. The molecule has 0 aliphatic carbocycles. The summed E-state index contributed by atoms with van der Waals surface area (Å²) in [6, 6.07) is 3.19. The van der Waals surface area contributed by atoms with Crippen molar-refractivity contribution >= 4 is 37.2 Å². The summed E-state index contributed by atoms with van der Waals surface area (Å²) in [5.41, 5.74) is 7.15. The zero-order valence-electron chi connectivity index (χ0n) is 24.3. The molecule has 2 aliphatic heterocycles. The molecule has 1 saturated heterocycles. The maximum absolute atomic E-state index is 15.2. The van der Waals surface area contributed by atoms with Crippen LogP contribution in [-0.2, 0) is 25.4 Å². The predicted molar refractivity (Wildman–Crippen MR) is 153 cm³/mol. The number of benzene rings is 1. The maximum Gasteiger partial charge on any atom is 0.329 e. The summed E-state index contributed by atoms with van der Waals surface area (Å²) < 4.78 is 41.3. The van der Waals surface area contributed by atoms with Gasteiger partial charge in [-0.1, -0.05) is 26.8 Å². The Kier molecular flexibility index (Phi) is 8.52. The lowest BCUT2D eigenvalue weighted by Crippen LogP contribution is -2.47. The summed E-state index contributed by atoms with van der Waals surface area (Å²) in [5.74, 6) is -3.20. The number of aryl methyl sites for hydroxylation is 1. The van der Waals surface area contributed by atoms with Crippen LogP contribution in [0.15, 0.2) is 30.5 Å². The van der Waals surface area contributed by atoms with Gasteiger partial charge in [0.25, 0.3) is 0 Å². The minimum atomic E-state index is -2.17. The molecule has 220 valence electrons. The van der Waals surface area contributed by atoms with Crippen LogP contribution in [0.5, 0.6) is 0 Å². The van der Waals surface area contributed by atoms with Crippen molar-refractivity contribution in [1.82, 2.24) is 9.88 Å². The van der Waals surface area contributed by atoms with E-state index in [1.807, 2.05) is 13.1 Å². The Labute approximate surface area is 240 Å². The molecule has 0 spiro atoms. The molecule has 2 aliphatic rings. The summed E-state index contributed by atoms with van der Waals surface area (Å²) in [5, 5.41) is -0.0818. The molecule has 1 aromatic heterocycles. The molecule has 1 fully saturated rings. The first-order valence-electron chi connectivity index (χ1n) is 13.7. The Balaban J connectivity index is 1.41. The van der Waals surface area contributed by atoms with Gasteiger partial charge in [-0.15, -0.1) is 0 Å². The van der Waals surface area contributed by atoms with Crippen molar-refractivity contribution in [2.24, 2.45) is 0 Å². The molecule has 3 heterocycles. The number of pyridine rings is 1. The van der Waals surface area contributed by atoms with Crippen LogP contribution in [0, 0.1) is 18.6 Å². The minimum absolute atomic E-state index is 0.0119. The molecule has 0 bridgehead atoms. The summed E-state index contributed by atoms with van der Waals surface area (Å²) in [6.45, 7) is 11.1. The first kappa shape index (κ1) is 30.5. The summed E-state index contributed by atoms with van der Waals surface area (Å²) in [4.78, 5) is 44.3. The molecule has 11 heteroatoms. The number of esters is 1. The first-order chi connectivity index (χ1) is 19.1. The monoisotopic (exact) mass is 585 g/mol. The molecule has 2 atom stereocenters. The predicted octanol–water partition coefficient (Wildman–Crippen LogP) is 5.35. The van der Waals surface area contributed by atoms with E-state index in [1.54, 1.807) is 19.1 Å². The van der Waals surface area contributed by atoms with Gasteiger partial charge in [0.15, 0.2) is 20.7 Å². The molecule has 2 N–H and O–H groups in total. The third-order valence-electron chi connectivity index (χ3n) is 8.45. The van der Waals surface area contributed by atoms with Gasteiger partial charge in [-0.25, -0.2) is 13.6 Å². The van der Waals surface area contributed by atoms with Crippen molar-refractivity contribution in [2.45, 2.75) is 83.8 Å². The molecule has 1 amide bonds. The van der Waals surface area contributed by atoms with Crippen LogP contribution >= 0.6 is 0 Å². The molecule has 0 saturated carbocycles. The highest BCUT2D eigenvalue weighted by Crippen LogP contribution is 2.39. The number of nitrogens with zero attached hydrogens (tertiary/aromatic N) is 2. The van der Waals surface area contributed by atoms with E-state index in [-0.39, 0.29) is 40.2 Å². The molecular weight excluding hydrogens is 548 g/mol. The molecule has 8 nitrogen and oxygen atoms in total. The Bertz CT molecular complexity index is 1420. The zero-order valence-corrected chi connectivity index (χ0v) is 25.3. The number of amides is 1. The van der Waals surface area contributed by atoms with Gasteiger partial charge in [0.1, 0.15) is 17.6 Å². The van der Waals surface area contributed by atoms with Crippen molar-refractivity contribution in [1.29, 1.82) is 0 Å². The van der Waals surface area contributed by atoms with Gasteiger partial charge in [-0.3, -0.25) is 14.6 Å². The van der Waals surface area contributed by atoms with Gasteiger partial charge in [0.2, 0.25) is 11.7 Å². The van der Waals surface area contributed by atoms with Gasteiger partial charge in [0, 0.05) is 29.6 Å². The van der Waals surface area contributed by atoms with Crippen LogP contribution in [0.3, 0.4) is 0 Å². The fourth-order valence-corrected chi connectivity index (χ4v) is 5.89. The van der Waals surface area contributed by atoms with E-state index in [1.165, 1.54) is 23.2 Å². The molecule has 4 rings (SSSR count). The van der Waals surface area contributed by atoms with E-state index < -0.39 is 50.3 Å². The Hall–Kier alpha value is -3.44. The number of carbonyl (C=O) groups is 3. The third-order valence-corrected chi connectivity index (χ3v) is 12.9. The van der Waals surface area contributed by atoms with E-state index in [2.05, 4.69) is 25.8 Å². The lowest BCUT2D eigenvalue weighted by atomic mass is 9.91. The number of ether oxygens (including phenoxy) is 1. The second-order valence-corrected chi connectivity index (χ2v) is 17.0. The van der Waals surface area contributed by atoms with E-state index >= 15 is 4.39 Å². The topological polar surface area (TPSA) is 112 Å². The number of ketones is 1. The standard InChI is InChI=1S/C30H37F2N3O5Si/c1-17-7-9-21(33)26(27(17)31)18-13-19-8-10-23(35(19)25(37)14-18)29(38)39-16-24(36)20-11-12-34-22(28(20)32)15-40-41(5,6)30(2,3)4/h7,9,11-12,14,19,23H,8,10,13,15-16,33H2,1-6H3/t19?,23-/m0/s1. The Morgan fingerprint density at radius 1 is 1.15 bits per heavy atom. The third kappa shape index (κ3) is 6.11. The van der Waals surface area contributed by atoms with Gasteiger partial charge < -0.3 is 19.8 Å². The number of carbonyl (C=O) groups excluding carboxylic acids is 3. The zero-order chi connectivity index (χ0) is 30.3. The molecule has 41 heavy (non-hydrogen) atoms. The van der Waals surface area contributed by atoms with Gasteiger partial charge in [-0.2, -0.15) is 0 Å². The number of nitrogens with two attached hydrogens (primary N) is 1. The average molecular weight is 586 g/mol. The van der Waals surface area contributed by atoms with Crippen LogP contribution in [-0.4, -0.2) is 54.6 Å². The largest absolute Gasteiger partial charge is 0.456 e. The number of hydrogen-bond donors (Lipinski definition) is 1. The lowest BCUT2D eigenvalue weighted by Gasteiger charge is -2.36. The molecule has 1 unspecified atom stereocenters. The van der Waals surface area contributed by atoms with E-state index in [0.717, 1.165) is 0 Å². The lowest BCUT2D eigenvalue weighted by molar-refractivity contribution is -0.152. The number of fused-ring (bicyclic) bond motifs is 1. The number of halogens is 2. The maximum atomic E-state index is 15.2. The minimum Gasteiger partial charge on any atom is -0.456 e. The van der Waals surface area contributed by atoms with Gasteiger partial charge in [0.05, 0.1) is 12.2 Å². The van der Waals surface area contributed by atoms with Crippen LogP contribution < -0.4 is 5.73 Å². The number of nitrogen functional groups attached to an aromatic ring is 1. The van der Waals surface area contributed by atoms with E-state index in [4.69, 9.17) is 14.9 Å². The fraction of sp³-hybridized carbons (Fsp3) is 0.467.